The molecule has 0 fully saturated rings. The zero-order valence-electron chi connectivity index (χ0n) is 13.5. The number of nitriles is 1. The van der Waals surface area contributed by atoms with Crippen molar-refractivity contribution in [3.05, 3.63) is 67.4 Å². The summed E-state index contributed by atoms with van der Waals surface area (Å²) in [6.07, 6.45) is 0. The normalized spacial score (nSPS) is 14.2. The molecule has 0 saturated carbocycles. The zero-order valence-corrected chi connectivity index (χ0v) is 13.5. The molecule has 3 rings (SSSR count). The van der Waals surface area contributed by atoms with Gasteiger partial charge in [0.1, 0.15) is 11.6 Å². The molecule has 1 aromatic heterocycles. The van der Waals surface area contributed by atoms with E-state index in [9.17, 15) is 24.8 Å². The fourth-order valence-electron chi connectivity index (χ4n) is 2.60. The third-order valence-corrected chi connectivity index (χ3v) is 3.65. The first kappa shape index (κ1) is 16.9. The SMILES string of the molecule is CCOC(=O)/C(C#N)=C1\N=C(c2c(O)[nH]c(=O)[nH]c2=O)c2ccccc21. The van der Waals surface area contributed by atoms with E-state index in [2.05, 4.69) is 9.98 Å². The lowest BCUT2D eigenvalue weighted by Gasteiger charge is -2.04. The summed E-state index contributed by atoms with van der Waals surface area (Å²) >= 11 is 0. The van der Waals surface area contributed by atoms with Gasteiger partial charge in [-0.05, 0) is 6.92 Å². The van der Waals surface area contributed by atoms with Crippen molar-refractivity contribution in [1.82, 2.24) is 9.97 Å². The Hall–Kier alpha value is -3.93. The van der Waals surface area contributed by atoms with E-state index in [1.165, 1.54) is 0 Å². The number of aliphatic imine (C=N–C) groups is 1. The highest BCUT2D eigenvalue weighted by atomic mass is 16.5. The molecule has 2 aromatic rings. The Kier molecular flexibility index (Phi) is 4.24. The lowest BCUT2D eigenvalue weighted by Crippen LogP contribution is -2.27. The van der Waals surface area contributed by atoms with E-state index < -0.39 is 23.1 Å². The second kappa shape index (κ2) is 6.52. The maximum atomic E-state index is 12.2. The van der Waals surface area contributed by atoms with E-state index in [4.69, 9.17) is 4.74 Å². The van der Waals surface area contributed by atoms with Crippen LogP contribution in [0.5, 0.6) is 5.88 Å². The largest absolute Gasteiger partial charge is 0.494 e. The number of hydrogen-bond acceptors (Lipinski definition) is 7. The minimum Gasteiger partial charge on any atom is -0.494 e. The number of H-pyrrole nitrogens is 2. The lowest BCUT2D eigenvalue weighted by atomic mass is 9.99. The second-order valence-electron chi connectivity index (χ2n) is 5.19. The maximum absolute atomic E-state index is 12.2. The number of aromatic hydroxyl groups is 1. The fourth-order valence-corrected chi connectivity index (χ4v) is 2.60. The molecule has 0 atom stereocenters. The van der Waals surface area contributed by atoms with Gasteiger partial charge >= 0.3 is 11.7 Å². The van der Waals surface area contributed by atoms with Gasteiger partial charge < -0.3 is 9.84 Å². The van der Waals surface area contributed by atoms with Crippen molar-refractivity contribution >= 4 is 17.4 Å². The van der Waals surface area contributed by atoms with Crippen LogP contribution in [-0.2, 0) is 9.53 Å². The van der Waals surface area contributed by atoms with E-state index in [0.717, 1.165) is 0 Å². The highest BCUT2D eigenvalue weighted by Crippen LogP contribution is 2.34. The Morgan fingerprint density at radius 3 is 2.58 bits per heavy atom. The van der Waals surface area contributed by atoms with Crippen LogP contribution in [0.15, 0.2) is 44.4 Å². The molecule has 2 heterocycles. The van der Waals surface area contributed by atoms with Crippen molar-refractivity contribution < 1.29 is 14.6 Å². The summed E-state index contributed by atoms with van der Waals surface area (Å²) < 4.78 is 4.87. The lowest BCUT2D eigenvalue weighted by molar-refractivity contribution is -0.137. The first-order chi connectivity index (χ1) is 12.5. The molecule has 0 unspecified atom stereocenters. The molecule has 1 aliphatic heterocycles. The number of carbonyl (C=O) groups excluding carboxylic acids is 1. The molecule has 0 amide bonds. The van der Waals surface area contributed by atoms with E-state index in [1.807, 2.05) is 4.98 Å². The average Bonchev–Trinajstić information content (AvgIpc) is 2.95. The molecule has 3 N–H and O–H groups in total. The van der Waals surface area contributed by atoms with E-state index >= 15 is 0 Å². The van der Waals surface area contributed by atoms with Gasteiger partial charge in [-0.1, -0.05) is 24.3 Å². The number of rotatable bonds is 3. The van der Waals surface area contributed by atoms with Gasteiger partial charge in [0.2, 0.25) is 5.88 Å². The minimum atomic E-state index is -0.872. The molecule has 0 bridgehead atoms. The summed E-state index contributed by atoms with van der Waals surface area (Å²) in [7, 11) is 0. The van der Waals surface area contributed by atoms with E-state index in [0.29, 0.717) is 11.1 Å². The predicted octanol–water partition coefficient (Wildman–Crippen LogP) is 0.418. The van der Waals surface area contributed by atoms with Crippen molar-refractivity contribution in [2.45, 2.75) is 6.92 Å². The Morgan fingerprint density at radius 2 is 1.96 bits per heavy atom. The van der Waals surface area contributed by atoms with Crippen LogP contribution in [0.4, 0.5) is 0 Å². The molecule has 1 aromatic carbocycles. The highest BCUT2D eigenvalue weighted by Gasteiger charge is 2.30. The number of nitrogens with one attached hydrogen (secondary N) is 2. The molecule has 9 heteroatoms. The van der Waals surface area contributed by atoms with Crippen LogP contribution in [0.25, 0.3) is 5.70 Å². The van der Waals surface area contributed by atoms with Crippen molar-refractivity contribution in [3.63, 3.8) is 0 Å². The molecule has 0 aliphatic carbocycles. The topological polar surface area (TPSA) is 148 Å². The van der Waals surface area contributed by atoms with Gasteiger partial charge in [0.15, 0.2) is 5.57 Å². The third-order valence-electron chi connectivity index (χ3n) is 3.65. The fraction of sp³-hybridized carbons (Fsp3) is 0.118. The molecular formula is C17H12N4O5. The number of esters is 1. The van der Waals surface area contributed by atoms with Gasteiger partial charge in [0.25, 0.3) is 5.56 Å². The zero-order chi connectivity index (χ0) is 18.8. The number of fused-ring (bicyclic) bond motifs is 1. The number of benzene rings is 1. The molecule has 0 radical (unpaired) electrons. The van der Waals surface area contributed by atoms with Crippen LogP contribution in [0, 0.1) is 11.3 Å². The minimum absolute atomic E-state index is 0.0292. The Labute approximate surface area is 145 Å². The summed E-state index contributed by atoms with van der Waals surface area (Å²) in [4.78, 5) is 43.8. The molecule has 1 aliphatic rings. The van der Waals surface area contributed by atoms with Crippen molar-refractivity contribution in [2.75, 3.05) is 6.61 Å². The number of ether oxygens (including phenoxy) is 1. The molecule has 26 heavy (non-hydrogen) atoms. The van der Waals surface area contributed by atoms with Gasteiger partial charge in [-0.15, -0.1) is 0 Å². The number of hydrogen-bond donors (Lipinski definition) is 3. The van der Waals surface area contributed by atoms with Gasteiger partial charge in [0.05, 0.1) is 18.0 Å². The summed E-state index contributed by atoms with van der Waals surface area (Å²) in [5, 5.41) is 19.4. The smallest absolute Gasteiger partial charge is 0.351 e. The molecular weight excluding hydrogens is 340 g/mol. The van der Waals surface area contributed by atoms with E-state index in [1.54, 1.807) is 37.3 Å². The van der Waals surface area contributed by atoms with E-state index in [-0.39, 0.29) is 29.2 Å². The molecule has 9 nitrogen and oxygen atoms in total. The van der Waals surface area contributed by atoms with Crippen LogP contribution in [0.2, 0.25) is 0 Å². The monoisotopic (exact) mass is 352 g/mol. The third kappa shape index (κ3) is 2.69. The molecule has 130 valence electrons. The summed E-state index contributed by atoms with van der Waals surface area (Å²) in [5.41, 5.74) is -1.41. The number of nitrogens with zero attached hydrogens (tertiary/aromatic N) is 2. The van der Waals surface area contributed by atoms with Crippen LogP contribution >= 0.6 is 0 Å². The quantitative estimate of drug-likeness (QED) is 0.414. The van der Waals surface area contributed by atoms with Gasteiger partial charge in [-0.2, -0.15) is 5.26 Å². The first-order valence-electron chi connectivity index (χ1n) is 7.53. The Morgan fingerprint density at radius 1 is 1.27 bits per heavy atom. The highest BCUT2D eigenvalue weighted by molar-refractivity contribution is 6.23. The first-order valence-corrected chi connectivity index (χ1v) is 7.53. The van der Waals surface area contributed by atoms with Crippen molar-refractivity contribution in [3.8, 4) is 11.9 Å². The summed E-state index contributed by atoms with van der Waals surface area (Å²) in [6, 6.07) is 8.35. The number of aromatic nitrogens is 2. The Bertz CT molecular complexity index is 1130. The van der Waals surface area contributed by atoms with Crippen molar-refractivity contribution in [2.24, 2.45) is 4.99 Å². The summed E-state index contributed by atoms with van der Waals surface area (Å²) in [5.74, 6) is -1.51. The molecule has 0 saturated heterocycles. The second-order valence-corrected chi connectivity index (χ2v) is 5.19. The molecule has 0 spiro atoms. The van der Waals surface area contributed by atoms with Crippen LogP contribution in [-0.4, -0.2) is 33.4 Å². The predicted molar refractivity (Wildman–Crippen MR) is 90.6 cm³/mol. The van der Waals surface area contributed by atoms with Crippen LogP contribution in [0.3, 0.4) is 0 Å². The van der Waals surface area contributed by atoms with Gasteiger partial charge in [-0.25, -0.2) is 14.6 Å². The maximum Gasteiger partial charge on any atom is 0.351 e. The van der Waals surface area contributed by atoms with Crippen LogP contribution in [0.1, 0.15) is 23.6 Å². The number of aromatic amines is 2. The van der Waals surface area contributed by atoms with Gasteiger partial charge in [0, 0.05) is 11.1 Å². The van der Waals surface area contributed by atoms with Gasteiger partial charge in [-0.3, -0.25) is 14.8 Å². The standard InChI is InChI=1S/C17H12N4O5/c1-2-26-16(24)10(7-18)12-8-5-3-4-6-9(8)13(19-12)11-14(22)20-17(25)21-15(11)23/h3-6H,2H2,1H3,(H3,20,21,22,23,25)/b12-10-. The number of carbonyl (C=O) groups is 1. The van der Waals surface area contributed by atoms with Crippen molar-refractivity contribution in [1.29, 1.82) is 5.26 Å². The Balaban J connectivity index is 2.33. The summed E-state index contributed by atoms with van der Waals surface area (Å²) in [6.45, 7) is 1.68. The van der Waals surface area contributed by atoms with Crippen LogP contribution < -0.4 is 11.2 Å². The average molecular weight is 352 g/mol.